The Morgan fingerprint density at radius 3 is 2.69 bits per heavy atom. The van der Waals surface area contributed by atoms with Gasteiger partial charge in [0, 0.05) is 5.75 Å². The highest BCUT2D eigenvalue weighted by Gasteiger charge is 2.00. The maximum Gasteiger partial charge on any atom is 0.0964 e. The average molecular weight is 196 g/mol. The van der Waals surface area contributed by atoms with E-state index in [0.29, 0.717) is 5.92 Å². The third-order valence-electron chi connectivity index (χ3n) is 1.67. The number of pyridine rings is 1. The van der Waals surface area contributed by atoms with E-state index >= 15 is 0 Å². The second kappa shape index (κ2) is 4.51. The summed E-state index contributed by atoms with van der Waals surface area (Å²) < 4.78 is 0. The zero-order valence-corrected chi connectivity index (χ0v) is 9.19. The molecule has 0 saturated carbocycles. The van der Waals surface area contributed by atoms with Gasteiger partial charge in [0.05, 0.1) is 16.4 Å². The Kier molecular flexibility index (Phi) is 3.60. The molecule has 0 aliphatic heterocycles. The number of nitrogens with zero attached hydrogens (tertiary/aromatic N) is 1. The highest BCUT2D eigenvalue weighted by Crippen LogP contribution is 2.20. The fourth-order valence-electron chi connectivity index (χ4n) is 0.881. The van der Waals surface area contributed by atoms with Gasteiger partial charge in [0.2, 0.25) is 0 Å². The predicted octanol–water partition coefficient (Wildman–Crippen LogP) is 2.72. The van der Waals surface area contributed by atoms with Gasteiger partial charge in [-0.15, -0.1) is 11.8 Å². The van der Waals surface area contributed by atoms with Crippen molar-refractivity contribution in [3.8, 4) is 0 Å². The second-order valence-corrected chi connectivity index (χ2v) is 4.57. The molecule has 2 N–H and O–H groups in total. The Morgan fingerprint density at radius 2 is 2.15 bits per heavy atom. The van der Waals surface area contributed by atoms with Gasteiger partial charge < -0.3 is 5.73 Å². The van der Waals surface area contributed by atoms with Crippen molar-refractivity contribution < 1.29 is 0 Å². The van der Waals surface area contributed by atoms with Crippen LogP contribution in [0.4, 0.5) is 5.69 Å². The molecule has 0 atom stereocenters. The SMILES string of the molecule is Cc1nc(SCC(C)C)ccc1N. The van der Waals surface area contributed by atoms with E-state index in [1.54, 1.807) is 11.8 Å². The summed E-state index contributed by atoms with van der Waals surface area (Å²) in [5.74, 6) is 1.81. The summed E-state index contributed by atoms with van der Waals surface area (Å²) in [4.78, 5) is 4.38. The van der Waals surface area contributed by atoms with Crippen LogP contribution in [0.1, 0.15) is 19.5 Å². The van der Waals surface area contributed by atoms with Crippen molar-refractivity contribution in [2.24, 2.45) is 5.92 Å². The van der Waals surface area contributed by atoms with Crippen LogP contribution in [0, 0.1) is 12.8 Å². The average Bonchev–Trinajstić information content (AvgIpc) is 2.07. The third-order valence-corrected chi connectivity index (χ3v) is 3.02. The minimum atomic E-state index is 0.699. The standard InChI is InChI=1S/C10H16N2S/c1-7(2)6-13-10-5-4-9(11)8(3)12-10/h4-5,7H,6,11H2,1-3H3. The fraction of sp³-hybridized carbons (Fsp3) is 0.500. The van der Waals surface area contributed by atoms with Gasteiger partial charge in [-0.2, -0.15) is 0 Å². The van der Waals surface area contributed by atoms with Crippen LogP contribution < -0.4 is 5.73 Å². The van der Waals surface area contributed by atoms with Gasteiger partial charge in [0.25, 0.3) is 0 Å². The van der Waals surface area contributed by atoms with Gasteiger partial charge in [-0.25, -0.2) is 4.98 Å². The summed E-state index contributed by atoms with van der Waals surface area (Å²) in [6.07, 6.45) is 0. The molecule has 3 heteroatoms. The lowest BCUT2D eigenvalue weighted by atomic mass is 10.3. The Hall–Kier alpha value is -0.700. The number of hydrogen-bond acceptors (Lipinski definition) is 3. The van der Waals surface area contributed by atoms with Crippen molar-refractivity contribution >= 4 is 17.4 Å². The zero-order valence-electron chi connectivity index (χ0n) is 8.37. The number of aryl methyl sites for hydroxylation is 1. The molecule has 72 valence electrons. The molecule has 0 fully saturated rings. The number of anilines is 1. The molecule has 0 aromatic carbocycles. The minimum absolute atomic E-state index is 0.699. The van der Waals surface area contributed by atoms with Gasteiger partial charge >= 0.3 is 0 Å². The molecule has 0 spiro atoms. The lowest BCUT2D eigenvalue weighted by Gasteiger charge is -2.05. The van der Waals surface area contributed by atoms with Crippen LogP contribution in [0.25, 0.3) is 0 Å². The molecule has 0 aliphatic rings. The summed E-state index contributed by atoms with van der Waals surface area (Å²) in [5, 5.41) is 1.07. The first-order valence-electron chi connectivity index (χ1n) is 4.45. The molecular weight excluding hydrogens is 180 g/mol. The van der Waals surface area contributed by atoms with Crippen LogP contribution >= 0.6 is 11.8 Å². The van der Waals surface area contributed by atoms with Crippen molar-refractivity contribution in [1.29, 1.82) is 0 Å². The number of hydrogen-bond donors (Lipinski definition) is 1. The molecule has 0 bridgehead atoms. The predicted molar refractivity (Wildman–Crippen MR) is 58.9 cm³/mol. The Labute approximate surface area is 83.9 Å². The highest BCUT2D eigenvalue weighted by molar-refractivity contribution is 7.99. The second-order valence-electron chi connectivity index (χ2n) is 3.53. The largest absolute Gasteiger partial charge is 0.397 e. The van der Waals surface area contributed by atoms with E-state index in [4.69, 9.17) is 5.73 Å². The molecule has 2 nitrogen and oxygen atoms in total. The molecule has 0 unspecified atom stereocenters. The van der Waals surface area contributed by atoms with Gasteiger partial charge in [-0.1, -0.05) is 13.8 Å². The van der Waals surface area contributed by atoms with Crippen molar-refractivity contribution in [3.05, 3.63) is 17.8 Å². The Morgan fingerprint density at radius 1 is 1.46 bits per heavy atom. The monoisotopic (exact) mass is 196 g/mol. The Bertz CT molecular complexity index is 284. The summed E-state index contributed by atoms with van der Waals surface area (Å²) >= 11 is 1.78. The van der Waals surface area contributed by atoms with Crippen LogP contribution in [0.5, 0.6) is 0 Å². The quantitative estimate of drug-likeness (QED) is 0.755. The summed E-state index contributed by atoms with van der Waals surface area (Å²) in [7, 11) is 0. The van der Waals surface area contributed by atoms with Gasteiger partial charge in [-0.05, 0) is 25.0 Å². The van der Waals surface area contributed by atoms with Gasteiger partial charge in [0.15, 0.2) is 0 Å². The van der Waals surface area contributed by atoms with E-state index in [2.05, 4.69) is 18.8 Å². The summed E-state index contributed by atoms with van der Waals surface area (Å²) in [6.45, 7) is 6.35. The van der Waals surface area contributed by atoms with Crippen molar-refractivity contribution in [1.82, 2.24) is 4.98 Å². The van der Waals surface area contributed by atoms with Gasteiger partial charge in [0.1, 0.15) is 0 Å². The van der Waals surface area contributed by atoms with Crippen LogP contribution in [0.15, 0.2) is 17.2 Å². The van der Waals surface area contributed by atoms with E-state index in [0.717, 1.165) is 22.2 Å². The lowest BCUT2D eigenvalue weighted by molar-refractivity contribution is 0.749. The first-order valence-corrected chi connectivity index (χ1v) is 5.44. The highest BCUT2D eigenvalue weighted by atomic mass is 32.2. The molecular formula is C10H16N2S. The van der Waals surface area contributed by atoms with Crippen molar-refractivity contribution in [3.63, 3.8) is 0 Å². The van der Waals surface area contributed by atoms with Crippen molar-refractivity contribution in [2.45, 2.75) is 25.8 Å². The summed E-state index contributed by atoms with van der Waals surface area (Å²) in [6, 6.07) is 3.90. The maximum absolute atomic E-state index is 5.67. The minimum Gasteiger partial charge on any atom is -0.397 e. The third kappa shape index (κ3) is 3.27. The van der Waals surface area contributed by atoms with Gasteiger partial charge in [-0.3, -0.25) is 0 Å². The number of thioether (sulfide) groups is 1. The van der Waals surface area contributed by atoms with E-state index in [9.17, 15) is 0 Å². The molecule has 0 aliphatic carbocycles. The number of aromatic nitrogens is 1. The normalized spacial score (nSPS) is 10.8. The first kappa shape index (κ1) is 10.4. The molecule has 0 saturated heterocycles. The maximum atomic E-state index is 5.67. The van der Waals surface area contributed by atoms with Crippen LogP contribution in [0.2, 0.25) is 0 Å². The van der Waals surface area contributed by atoms with Crippen LogP contribution in [-0.2, 0) is 0 Å². The topological polar surface area (TPSA) is 38.9 Å². The first-order chi connectivity index (χ1) is 6.09. The van der Waals surface area contributed by atoms with E-state index in [-0.39, 0.29) is 0 Å². The molecule has 13 heavy (non-hydrogen) atoms. The molecule has 0 amide bonds. The Balaban J connectivity index is 2.63. The smallest absolute Gasteiger partial charge is 0.0964 e. The molecule has 1 rings (SSSR count). The van der Waals surface area contributed by atoms with Crippen molar-refractivity contribution in [2.75, 3.05) is 11.5 Å². The van der Waals surface area contributed by atoms with Crippen LogP contribution in [-0.4, -0.2) is 10.7 Å². The molecule has 1 aromatic heterocycles. The lowest BCUT2D eigenvalue weighted by Crippen LogP contribution is -1.95. The van der Waals surface area contributed by atoms with E-state index < -0.39 is 0 Å². The number of nitrogens with two attached hydrogens (primary N) is 1. The molecule has 1 aromatic rings. The van der Waals surface area contributed by atoms with E-state index in [1.165, 1.54) is 0 Å². The fourth-order valence-corrected chi connectivity index (χ4v) is 1.75. The number of rotatable bonds is 3. The van der Waals surface area contributed by atoms with Crippen LogP contribution in [0.3, 0.4) is 0 Å². The molecule has 1 heterocycles. The summed E-state index contributed by atoms with van der Waals surface area (Å²) in [5.41, 5.74) is 7.37. The zero-order chi connectivity index (χ0) is 9.84. The van der Waals surface area contributed by atoms with E-state index in [1.807, 2.05) is 19.1 Å². The number of nitrogen functional groups attached to an aromatic ring is 1. The molecule has 0 radical (unpaired) electrons.